The maximum atomic E-state index is 12.5. The van der Waals surface area contributed by atoms with E-state index in [1.54, 1.807) is 30.3 Å². The molecule has 0 unspecified atom stereocenters. The zero-order valence-corrected chi connectivity index (χ0v) is 18.5. The molecule has 0 bridgehead atoms. The van der Waals surface area contributed by atoms with Crippen LogP contribution >= 0.6 is 11.6 Å². The summed E-state index contributed by atoms with van der Waals surface area (Å²) >= 11 is 5.92. The van der Waals surface area contributed by atoms with Crippen molar-refractivity contribution in [3.8, 4) is 11.1 Å². The second-order valence-corrected chi connectivity index (χ2v) is 9.30. The lowest BCUT2D eigenvalue weighted by atomic mass is 10.0. The first-order valence-electron chi connectivity index (χ1n) is 9.60. The number of nitrogens with one attached hydrogen (secondary N) is 2. The van der Waals surface area contributed by atoms with Crippen LogP contribution in [0, 0.1) is 0 Å². The van der Waals surface area contributed by atoms with Crippen LogP contribution in [0.25, 0.3) is 11.1 Å². The van der Waals surface area contributed by atoms with Gasteiger partial charge in [-0.2, -0.15) is 0 Å². The second kappa shape index (κ2) is 9.96. The van der Waals surface area contributed by atoms with Crippen molar-refractivity contribution in [3.63, 3.8) is 0 Å². The number of benzene rings is 3. The minimum atomic E-state index is -3.46. The van der Waals surface area contributed by atoms with Crippen LogP contribution in [-0.4, -0.2) is 32.2 Å². The van der Waals surface area contributed by atoms with Crippen LogP contribution in [0.2, 0.25) is 5.02 Å². The van der Waals surface area contributed by atoms with Gasteiger partial charge in [-0.15, -0.1) is 0 Å². The number of sulfonamides is 1. The molecule has 8 heteroatoms. The summed E-state index contributed by atoms with van der Waals surface area (Å²) in [5.74, 6) is -0.216. The van der Waals surface area contributed by atoms with Gasteiger partial charge in [0.25, 0.3) is 5.91 Å². The van der Waals surface area contributed by atoms with Crippen molar-refractivity contribution < 1.29 is 18.3 Å². The average Bonchev–Trinajstić information content (AvgIpc) is 2.74. The third kappa shape index (κ3) is 6.55. The first-order valence-corrected chi connectivity index (χ1v) is 11.9. The van der Waals surface area contributed by atoms with Crippen LogP contribution in [0.15, 0.2) is 66.7 Å². The van der Waals surface area contributed by atoms with Crippen LogP contribution in [0.1, 0.15) is 21.5 Å². The number of rotatable bonds is 8. The third-order valence-corrected chi connectivity index (χ3v) is 5.50. The van der Waals surface area contributed by atoms with Crippen molar-refractivity contribution >= 4 is 33.2 Å². The molecule has 0 fully saturated rings. The van der Waals surface area contributed by atoms with Crippen LogP contribution in [-0.2, 0) is 23.1 Å². The number of hydrogen-bond acceptors (Lipinski definition) is 4. The van der Waals surface area contributed by atoms with Crippen molar-refractivity contribution in [3.05, 3.63) is 88.4 Å². The number of hydrogen-bond donors (Lipinski definition) is 3. The normalized spacial score (nSPS) is 11.2. The summed E-state index contributed by atoms with van der Waals surface area (Å²) in [5.41, 5.74) is 4.24. The van der Waals surface area contributed by atoms with Gasteiger partial charge in [0, 0.05) is 17.1 Å². The topological polar surface area (TPSA) is 95.5 Å². The number of amides is 1. The monoisotopic (exact) mass is 458 g/mol. The highest BCUT2D eigenvalue weighted by Gasteiger charge is 2.10. The van der Waals surface area contributed by atoms with E-state index in [4.69, 9.17) is 11.6 Å². The summed E-state index contributed by atoms with van der Waals surface area (Å²) in [4.78, 5) is 12.5. The highest BCUT2D eigenvalue weighted by atomic mass is 35.5. The second-order valence-electron chi connectivity index (χ2n) is 7.11. The Kier molecular flexibility index (Phi) is 7.33. The minimum absolute atomic E-state index is 0.193. The fraction of sp³-hybridized carbons (Fsp3) is 0.174. The van der Waals surface area contributed by atoms with Gasteiger partial charge in [-0.05, 0) is 59.0 Å². The van der Waals surface area contributed by atoms with Gasteiger partial charge in [-0.25, -0.2) is 8.42 Å². The molecule has 1 amide bonds. The van der Waals surface area contributed by atoms with Gasteiger partial charge < -0.3 is 10.4 Å². The molecule has 0 saturated carbocycles. The van der Waals surface area contributed by atoms with Gasteiger partial charge in [-0.3, -0.25) is 9.52 Å². The molecule has 0 aliphatic heterocycles. The fourth-order valence-electron chi connectivity index (χ4n) is 3.10. The van der Waals surface area contributed by atoms with Gasteiger partial charge in [0.15, 0.2) is 0 Å². The molecule has 0 spiro atoms. The molecular formula is C23H23ClN2O4S. The van der Waals surface area contributed by atoms with Gasteiger partial charge in [-0.1, -0.05) is 48.0 Å². The van der Waals surface area contributed by atoms with E-state index in [0.717, 1.165) is 22.9 Å². The maximum absolute atomic E-state index is 12.5. The Balaban J connectivity index is 1.63. The molecule has 162 valence electrons. The molecule has 0 radical (unpaired) electrons. The van der Waals surface area contributed by atoms with Gasteiger partial charge >= 0.3 is 0 Å². The lowest BCUT2D eigenvalue weighted by Gasteiger charge is -2.13. The highest BCUT2D eigenvalue weighted by molar-refractivity contribution is 7.92. The van der Waals surface area contributed by atoms with E-state index in [1.807, 2.05) is 36.4 Å². The van der Waals surface area contributed by atoms with Crippen LogP contribution in [0.5, 0.6) is 0 Å². The average molecular weight is 459 g/mol. The van der Waals surface area contributed by atoms with Crippen molar-refractivity contribution in [2.24, 2.45) is 0 Å². The third-order valence-electron chi connectivity index (χ3n) is 4.66. The van der Waals surface area contributed by atoms with Crippen LogP contribution in [0.3, 0.4) is 0 Å². The van der Waals surface area contributed by atoms with Crippen LogP contribution in [0.4, 0.5) is 5.69 Å². The number of aliphatic hydroxyl groups is 1. The van der Waals surface area contributed by atoms with E-state index >= 15 is 0 Å². The number of aliphatic hydroxyl groups excluding tert-OH is 1. The number of carbonyl (C=O) groups excluding carboxylic acids is 1. The summed E-state index contributed by atoms with van der Waals surface area (Å²) < 4.78 is 25.7. The van der Waals surface area contributed by atoms with Crippen molar-refractivity contribution in [2.45, 2.75) is 13.0 Å². The summed E-state index contributed by atoms with van der Waals surface area (Å²) in [5, 5.41) is 12.8. The molecule has 0 aromatic heterocycles. The molecule has 3 aromatic rings. The maximum Gasteiger partial charge on any atom is 0.251 e. The molecule has 3 aromatic carbocycles. The first kappa shape index (κ1) is 22.8. The molecule has 3 rings (SSSR count). The largest absolute Gasteiger partial charge is 0.392 e. The van der Waals surface area contributed by atoms with Crippen molar-refractivity contribution in [1.29, 1.82) is 0 Å². The van der Waals surface area contributed by atoms with Gasteiger partial charge in [0.05, 0.1) is 18.6 Å². The summed E-state index contributed by atoms with van der Waals surface area (Å²) in [6, 6.07) is 19.8. The Morgan fingerprint density at radius 2 is 1.58 bits per heavy atom. The Hall–Kier alpha value is -2.87. The first-order chi connectivity index (χ1) is 14.7. The van der Waals surface area contributed by atoms with Crippen LogP contribution < -0.4 is 10.0 Å². The standard InChI is InChI=1S/C23H23ClN2O4S/c1-31(29,30)26-22-14-16(15-27)2-3-19(22)12-13-25-23(28)20-6-4-17(5-7-20)18-8-10-21(24)11-9-18/h2-11,14,26-27H,12-13,15H2,1H3,(H,25,28). The molecule has 0 saturated heterocycles. The van der Waals surface area contributed by atoms with Crippen molar-refractivity contribution in [2.75, 3.05) is 17.5 Å². The SMILES string of the molecule is CS(=O)(=O)Nc1cc(CO)ccc1CCNC(=O)c1ccc(-c2ccc(Cl)cc2)cc1. The van der Waals surface area contributed by atoms with E-state index in [1.165, 1.54) is 0 Å². The predicted octanol–water partition coefficient (Wildman–Crippen LogP) is 3.84. The lowest BCUT2D eigenvalue weighted by molar-refractivity contribution is 0.0954. The Labute approximate surface area is 186 Å². The fourth-order valence-corrected chi connectivity index (χ4v) is 3.82. The molecule has 0 atom stereocenters. The summed E-state index contributed by atoms with van der Waals surface area (Å²) in [7, 11) is -3.46. The smallest absolute Gasteiger partial charge is 0.251 e. The summed E-state index contributed by atoms with van der Waals surface area (Å²) in [6.07, 6.45) is 1.50. The van der Waals surface area contributed by atoms with E-state index in [9.17, 15) is 18.3 Å². The molecule has 31 heavy (non-hydrogen) atoms. The number of carbonyl (C=O) groups is 1. The predicted molar refractivity (Wildman–Crippen MR) is 124 cm³/mol. The molecule has 0 heterocycles. The minimum Gasteiger partial charge on any atom is -0.392 e. The Morgan fingerprint density at radius 3 is 2.16 bits per heavy atom. The molecular weight excluding hydrogens is 436 g/mol. The van der Waals surface area contributed by atoms with E-state index in [0.29, 0.717) is 34.8 Å². The molecule has 3 N–H and O–H groups in total. The Morgan fingerprint density at radius 1 is 0.968 bits per heavy atom. The van der Waals surface area contributed by atoms with Crippen molar-refractivity contribution in [1.82, 2.24) is 5.32 Å². The van der Waals surface area contributed by atoms with Gasteiger partial charge in [0.2, 0.25) is 10.0 Å². The number of anilines is 1. The molecule has 0 aliphatic carbocycles. The van der Waals surface area contributed by atoms with E-state index in [2.05, 4.69) is 10.0 Å². The zero-order valence-electron chi connectivity index (χ0n) is 16.9. The van der Waals surface area contributed by atoms with E-state index in [-0.39, 0.29) is 12.5 Å². The molecule has 0 aliphatic rings. The molecule has 6 nitrogen and oxygen atoms in total. The zero-order chi connectivity index (χ0) is 22.4. The lowest BCUT2D eigenvalue weighted by Crippen LogP contribution is -2.26. The Bertz CT molecular complexity index is 1160. The van der Waals surface area contributed by atoms with E-state index < -0.39 is 10.0 Å². The quantitative estimate of drug-likeness (QED) is 0.478. The number of halogens is 1. The van der Waals surface area contributed by atoms with Gasteiger partial charge in [0.1, 0.15) is 0 Å². The summed E-state index contributed by atoms with van der Waals surface area (Å²) in [6.45, 7) is 0.135. The highest BCUT2D eigenvalue weighted by Crippen LogP contribution is 2.22.